The summed E-state index contributed by atoms with van der Waals surface area (Å²) in [7, 11) is 0. The van der Waals surface area contributed by atoms with Gasteiger partial charge in [0.05, 0.1) is 5.69 Å². The van der Waals surface area contributed by atoms with Gasteiger partial charge in [-0.25, -0.2) is 4.98 Å². The number of carbonyl (C=O) groups is 1. The highest BCUT2D eigenvalue weighted by molar-refractivity contribution is 6.33. The minimum atomic E-state index is -0.242. The third-order valence-electron chi connectivity index (χ3n) is 2.64. The molecule has 0 aliphatic heterocycles. The van der Waals surface area contributed by atoms with E-state index in [1.807, 2.05) is 13.8 Å². The summed E-state index contributed by atoms with van der Waals surface area (Å²) in [5, 5.41) is 3.64. The Balaban J connectivity index is 2.25. The number of aryl methyl sites for hydroxylation is 2. The van der Waals surface area contributed by atoms with Crippen molar-refractivity contribution in [2.45, 2.75) is 13.8 Å². The van der Waals surface area contributed by atoms with Gasteiger partial charge in [-0.3, -0.25) is 4.79 Å². The van der Waals surface area contributed by atoms with E-state index in [0.29, 0.717) is 16.3 Å². The predicted molar refractivity (Wildman–Crippen MR) is 78.1 cm³/mol. The fourth-order valence-electron chi connectivity index (χ4n) is 1.62. The van der Waals surface area contributed by atoms with Gasteiger partial charge in [-0.15, -0.1) is 0 Å². The molecule has 0 bridgehead atoms. The zero-order chi connectivity index (χ0) is 14.0. The second-order valence-corrected chi connectivity index (χ2v) is 5.03. The maximum atomic E-state index is 12.1. The molecule has 1 aromatic heterocycles. The molecule has 0 aliphatic rings. The number of hydrogen-bond acceptors (Lipinski definition) is 2. The molecule has 2 rings (SSSR count). The van der Waals surface area contributed by atoms with Crippen molar-refractivity contribution in [2.24, 2.45) is 0 Å². The Morgan fingerprint density at radius 3 is 2.63 bits per heavy atom. The smallest absolute Gasteiger partial charge is 0.255 e. The summed E-state index contributed by atoms with van der Waals surface area (Å²) in [6.45, 7) is 3.73. The largest absolute Gasteiger partial charge is 0.319 e. The average Bonchev–Trinajstić information content (AvgIpc) is 2.37. The van der Waals surface area contributed by atoms with Crippen LogP contribution < -0.4 is 5.32 Å². The van der Waals surface area contributed by atoms with Gasteiger partial charge >= 0.3 is 0 Å². The van der Waals surface area contributed by atoms with Crippen LogP contribution in [0.4, 0.5) is 5.69 Å². The number of hydrogen-bond donors (Lipinski definition) is 1. The summed E-state index contributed by atoms with van der Waals surface area (Å²) in [5.74, 6) is -0.242. The molecule has 2 aromatic rings. The number of nitrogens with zero attached hydrogens (tertiary/aromatic N) is 1. The van der Waals surface area contributed by atoms with Crippen molar-refractivity contribution >= 4 is 34.8 Å². The zero-order valence-electron chi connectivity index (χ0n) is 10.5. The molecular weight excluding hydrogens is 283 g/mol. The Kier molecular flexibility index (Phi) is 4.08. The summed E-state index contributed by atoms with van der Waals surface area (Å²) in [6.07, 6.45) is 1.64. The predicted octanol–water partition coefficient (Wildman–Crippen LogP) is 4.26. The SMILES string of the molecule is Cc1cnc(Cl)c(NC(=O)c2ccc(Cl)c(C)c2)c1. The van der Waals surface area contributed by atoms with E-state index in [1.54, 1.807) is 30.5 Å². The number of nitrogens with one attached hydrogen (secondary N) is 1. The first-order valence-corrected chi connectivity index (χ1v) is 6.42. The third-order valence-corrected chi connectivity index (χ3v) is 3.37. The van der Waals surface area contributed by atoms with Gasteiger partial charge in [0, 0.05) is 16.8 Å². The van der Waals surface area contributed by atoms with Crippen LogP contribution in [0.15, 0.2) is 30.5 Å². The first-order chi connectivity index (χ1) is 8.97. The molecule has 5 heteroatoms. The molecule has 98 valence electrons. The van der Waals surface area contributed by atoms with Crippen LogP contribution >= 0.6 is 23.2 Å². The maximum absolute atomic E-state index is 12.1. The zero-order valence-corrected chi connectivity index (χ0v) is 12.0. The van der Waals surface area contributed by atoms with E-state index < -0.39 is 0 Å². The van der Waals surface area contributed by atoms with Gasteiger partial charge in [0.25, 0.3) is 5.91 Å². The summed E-state index contributed by atoms with van der Waals surface area (Å²) in [6, 6.07) is 6.87. The Morgan fingerprint density at radius 1 is 1.21 bits per heavy atom. The highest BCUT2D eigenvalue weighted by Gasteiger charge is 2.10. The molecule has 0 saturated heterocycles. The van der Waals surface area contributed by atoms with Crippen molar-refractivity contribution in [3.63, 3.8) is 0 Å². The number of anilines is 1. The van der Waals surface area contributed by atoms with Gasteiger partial charge < -0.3 is 5.32 Å². The molecule has 0 atom stereocenters. The summed E-state index contributed by atoms with van der Waals surface area (Å²) < 4.78 is 0. The normalized spacial score (nSPS) is 10.3. The minimum absolute atomic E-state index is 0.242. The van der Waals surface area contributed by atoms with E-state index in [4.69, 9.17) is 23.2 Å². The molecule has 0 radical (unpaired) electrons. The topological polar surface area (TPSA) is 42.0 Å². The van der Waals surface area contributed by atoms with Crippen molar-refractivity contribution in [1.29, 1.82) is 0 Å². The second-order valence-electron chi connectivity index (χ2n) is 4.27. The molecule has 0 spiro atoms. The molecule has 0 unspecified atom stereocenters. The van der Waals surface area contributed by atoms with Crippen LogP contribution in [0.1, 0.15) is 21.5 Å². The van der Waals surface area contributed by atoms with Crippen molar-refractivity contribution in [3.8, 4) is 0 Å². The molecule has 3 nitrogen and oxygen atoms in total. The first kappa shape index (κ1) is 13.8. The van der Waals surface area contributed by atoms with Crippen LogP contribution in [0.5, 0.6) is 0 Å². The fraction of sp³-hybridized carbons (Fsp3) is 0.143. The van der Waals surface area contributed by atoms with Crippen LogP contribution in [0.2, 0.25) is 10.2 Å². The highest BCUT2D eigenvalue weighted by atomic mass is 35.5. The van der Waals surface area contributed by atoms with Crippen LogP contribution in [0, 0.1) is 13.8 Å². The quantitative estimate of drug-likeness (QED) is 0.841. The van der Waals surface area contributed by atoms with E-state index in [-0.39, 0.29) is 11.1 Å². The molecule has 19 heavy (non-hydrogen) atoms. The second kappa shape index (κ2) is 5.59. The van der Waals surface area contributed by atoms with Gasteiger partial charge in [0.15, 0.2) is 5.15 Å². The van der Waals surface area contributed by atoms with Crippen molar-refractivity contribution in [3.05, 3.63) is 57.3 Å². The number of carbonyl (C=O) groups excluding carboxylic acids is 1. The molecule has 0 aliphatic carbocycles. The van der Waals surface area contributed by atoms with E-state index in [1.165, 1.54) is 0 Å². The van der Waals surface area contributed by atoms with Gasteiger partial charge in [-0.1, -0.05) is 23.2 Å². The summed E-state index contributed by atoms with van der Waals surface area (Å²) >= 11 is 11.9. The number of pyridine rings is 1. The van der Waals surface area contributed by atoms with Crippen LogP contribution in [0.25, 0.3) is 0 Å². The maximum Gasteiger partial charge on any atom is 0.255 e. The monoisotopic (exact) mass is 294 g/mol. The Bertz CT molecular complexity index is 641. The summed E-state index contributed by atoms with van der Waals surface area (Å²) in [4.78, 5) is 16.1. The fourth-order valence-corrected chi connectivity index (χ4v) is 1.89. The van der Waals surface area contributed by atoms with Crippen LogP contribution in [-0.2, 0) is 0 Å². The van der Waals surface area contributed by atoms with E-state index >= 15 is 0 Å². The lowest BCUT2D eigenvalue weighted by Crippen LogP contribution is -2.12. The van der Waals surface area contributed by atoms with Crippen molar-refractivity contribution < 1.29 is 4.79 Å². The summed E-state index contributed by atoms with van der Waals surface area (Å²) in [5.41, 5.74) is 2.80. The number of halogens is 2. The number of amides is 1. The molecule has 0 fully saturated rings. The van der Waals surface area contributed by atoms with Gasteiger partial charge in [0.1, 0.15) is 0 Å². The molecule has 1 heterocycles. The molecule has 0 saturated carbocycles. The van der Waals surface area contributed by atoms with E-state index in [9.17, 15) is 4.79 Å². The van der Waals surface area contributed by atoms with Gasteiger partial charge in [0.2, 0.25) is 0 Å². The van der Waals surface area contributed by atoms with E-state index in [2.05, 4.69) is 10.3 Å². The van der Waals surface area contributed by atoms with Gasteiger partial charge in [-0.05, 0) is 49.2 Å². The Morgan fingerprint density at radius 2 is 1.95 bits per heavy atom. The van der Waals surface area contributed by atoms with Crippen LogP contribution in [-0.4, -0.2) is 10.9 Å². The number of benzene rings is 1. The van der Waals surface area contributed by atoms with E-state index in [0.717, 1.165) is 11.1 Å². The third kappa shape index (κ3) is 3.25. The lowest BCUT2D eigenvalue weighted by atomic mass is 10.1. The standard InChI is InChI=1S/C14H12Cl2N2O/c1-8-5-12(13(16)17-7-8)18-14(19)10-3-4-11(15)9(2)6-10/h3-7H,1-2H3,(H,18,19). The number of rotatable bonds is 2. The lowest BCUT2D eigenvalue weighted by molar-refractivity contribution is 0.102. The first-order valence-electron chi connectivity index (χ1n) is 5.67. The Hall–Kier alpha value is -1.58. The Labute approximate surface area is 121 Å². The van der Waals surface area contributed by atoms with Crippen LogP contribution in [0.3, 0.4) is 0 Å². The van der Waals surface area contributed by atoms with Gasteiger partial charge in [-0.2, -0.15) is 0 Å². The minimum Gasteiger partial charge on any atom is -0.319 e. The highest BCUT2D eigenvalue weighted by Crippen LogP contribution is 2.22. The average molecular weight is 295 g/mol. The number of aromatic nitrogens is 1. The lowest BCUT2D eigenvalue weighted by Gasteiger charge is -2.08. The molecule has 1 aromatic carbocycles. The van der Waals surface area contributed by atoms with Crippen molar-refractivity contribution in [2.75, 3.05) is 5.32 Å². The molecular formula is C14H12Cl2N2O. The molecule has 1 N–H and O–H groups in total. The van der Waals surface area contributed by atoms with Crippen molar-refractivity contribution in [1.82, 2.24) is 4.98 Å². The molecule has 1 amide bonds.